The molecule has 0 aromatic rings. The molecule has 2 nitrogen and oxygen atoms in total. The van der Waals surface area contributed by atoms with Gasteiger partial charge in [-0.05, 0) is 25.3 Å². The van der Waals surface area contributed by atoms with Crippen molar-refractivity contribution in [1.29, 1.82) is 0 Å². The Kier molecular flexibility index (Phi) is 3.34. The van der Waals surface area contributed by atoms with Crippen molar-refractivity contribution in [1.82, 2.24) is 4.90 Å². The maximum Gasteiger partial charge on any atom is 0.0297 e. The number of hydrogen-bond acceptors (Lipinski definition) is 2. The largest absolute Gasteiger partial charge is 0.325 e. The quantitative estimate of drug-likeness (QED) is 0.659. The monoisotopic (exact) mass is 156 g/mol. The fraction of sp³-hybridized carbons (Fsp3) is 1.00. The van der Waals surface area contributed by atoms with Crippen LogP contribution in [0.2, 0.25) is 0 Å². The average molecular weight is 156 g/mol. The van der Waals surface area contributed by atoms with E-state index in [9.17, 15) is 0 Å². The van der Waals surface area contributed by atoms with Crippen LogP contribution in [0.3, 0.4) is 0 Å². The fourth-order valence-corrected chi connectivity index (χ4v) is 1.52. The van der Waals surface area contributed by atoms with Crippen LogP contribution in [-0.4, -0.2) is 30.6 Å². The number of likely N-dealkylation sites (tertiary alicyclic amines) is 1. The van der Waals surface area contributed by atoms with Crippen molar-refractivity contribution in [2.45, 2.75) is 32.7 Å². The lowest BCUT2D eigenvalue weighted by atomic mass is 10.1. The molecule has 0 spiro atoms. The van der Waals surface area contributed by atoms with E-state index < -0.39 is 0 Å². The second-order valence-electron chi connectivity index (χ2n) is 4.06. The normalized spacial score (nSPS) is 20.7. The van der Waals surface area contributed by atoms with Gasteiger partial charge in [0.05, 0.1) is 0 Å². The lowest BCUT2D eigenvalue weighted by molar-refractivity contribution is 0.146. The molecule has 0 saturated carbocycles. The first-order chi connectivity index (χ1) is 5.18. The molecule has 0 radical (unpaired) electrons. The van der Waals surface area contributed by atoms with Gasteiger partial charge < -0.3 is 10.6 Å². The highest BCUT2D eigenvalue weighted by Gasteiger charge is 2.21. The number of rotatable bonds is 4. The third-order valence-corrected chi connectivity index (χ3v) is 2.24. The Morgan fingerprint density at radius 3 is 2.55 bits per heavy atom. The standard InChI is InChI=1S/C9H20N2/c1-8(2)4-3-5-11-6-9(10)7-11/h8-9H,3-7,10H2,1-2H3. The number of nitrogens with two attached hydrogens (primary N) is 1. The van der Waals surface area contributed by atoms with Crippen LogP contribution < -0.4 is 5.73 Å². The molecule has 0 bridgehead atoms. The van der Waals surface area contributed by atoms with Gasteiger partial charge in [-0.25, -0.2) is 0 Å². The van der Waals surface area contributed by atoms with Crippen molar-refractivity contribution in [2.24, 2.45) is 11.7 Å². The van der Waals surface area contributed by atoms with Gasteiger partial charge in [0.1, 0.15) is 0 Å². The van der Waals surface area contributed by atoms with E-state index in [2.05, 4.69) is 18.7 Å². The molecule has 11 heavy (non-hydrogen) atoms. The predicted octanol–water partition coefficient (Wildman–Crippen LogP) is 1.07. The molecule has 66 valence electrons. The van der Waals surface area contributed by atoms with Crippen LogP contribution in [0.1, 0.15) is 26.7 Å². The van der Waals surface area contributed by atoms with Gasteiger partial charge in [0.2, 0.25) is 0 Å². The maximum absolute atomic E-state index is 5.66. The third-order valence-electron chi connectivity index (χ3n) is 2.24. The van der Waals surface area contributed by atoms with E-state index in [-0.39, 0.29) is 0 Å². The molecule has 0 amide bonds. The summed E-state index contributed by atoms with van der Waals surface area (Å²) in [6.45, 7) is 8.06. The van der Waals surface area contributed by atoms with Crippen LogP contribution in [0.5, 0.6) is 0 Å². The number of nitrogens with zero attached hydrogens (tertiary/aromatic N) is 1. The van der Waals surface area contributed by atoms with Gasteiger partial charge in [-0.1, -0.05) is 13.8 Å². The highest BCUT2D eigenvalue weighted by atomic mass is 15.2. The third kappa shape index (κ3) is 3.21. The molecule has 1 rings (SSSR count). The highest BCUT2D eigenvalue weighted by Crippen LogP contribution is 2.09. The molecule has 1 aliphatic rings. The van der Waals surface area contributed by atoms with E-state index in [4.69, 9.17) is 5.73 Å². The van der Waals surface area contributed by atoms with E-state index in [1.165, 1.54) is 19.4 Å². The molecule has 0 aromatic carbocycles. The van der Waals surface area contributed by atoms with Crippen LogP contribution in [-0.2, 0) is 0 Å². The second kappa shape index (κ2) is 4.07. The van der Waals surface area contributed by atoms with Crippen LogP contribution >= 0.6 is 0 Å². The molecule has 0 aliphatic carbocycles. The van der Waals surface area contributed by atoms with Crippen molar-refractivity contribution >= 4 is 0 Å². The minimum Gasteiger partial charge on any atom is -0.325 e. The van der Waals surface area contributed by atoms with Crippen LogP contribution in [0, 0.1) is 5.92 Å². The lowest BCUT2D eigenvalue weighted by Gasteiger charge is -2.36. The molecule has 1 heterocycles. The molecule has 0 unspecified atom stereocenters. The van der Waals surface area contributed by atoms with Gasteiger partial charge in [-0.15, -0.1) is 0 Å². The Labute approximate surface area is 69.8 Å². The first-order valence-electron chi connectivity index (χ1n) is 4.66. The van der Waals surface area contributed by atoms with Gasteiger partial charge >= 0.3 is 0 Å². The van der Waals surface area contributed by atoms with Crippen LogP contribution in [0.4, 0.5) is 0 Å². The Morgan fingerprint density at radius 2 is 2.09 bits per heavy atom. The average Bonchev–Trinajstić information content (AvgIpc) is 1.83. The smallest absolute Gasteiger partial charge is 0.0297 e. The van der Waals surface area contributed by atoms with Gasteiger partial charge in [0, 0.05) is 19.1 Å². The molecular formula is C9H20N2. The topological polar surface area (TPSA) is 29.3 Å². The van der Waals surface area contributed by atoms with Crippen molar-refractivity contribution in [2.75, 3.05) is 19.6 Å². The van der Waals surface area contributed by atoms with E-state index in [0.717, 1.165) is 19.0 Å². The van der Waals surface area contributed by atoms with Crippen molar-refractivity contribution in [3.05, 3.63) is 0 Å². The summed E-state index contributed by atoms with van der Waals surface area (Å²) in [5, 5.41) is 0. The fourth-order valence-electron chi connectivity index (χ4n) is 1.52. The van der Waals surface area contributed by atoms with Crippen molar-refractivity contribution < 1.29 is 0 Å². The van der Waals surface area contributed by atoms with Crippen LogP contribution in [0.25, 0.3) is 0 Å². The first-order valence-corrected chi connectivity index (χ1v) is 4.66. The van der Waals surface area contributed by atoms with Crippen molar-refractivity contribution in [3.8, 4) is 0 Å². The SMILES string of the molecule is CC(C)CCCN1CC(N)C1. The molecule has 2 N–H and O–H groups in total. The molecule has 1 aliphatic heterocycles. The minimum atomic E-state index is 0.467. The summed E-state index contributed by atoms with van der Waals surface area (Å²) >= 11 is 0. The summed E-state index contributed by atoms with van der Waals surface area (Å²) in [7, 11) is 0. The van der Waals surface area contributed by atoms with E-state index in [0.29, 0.717) is 6.04 Å². The summed E-state index contributed by atoms with van der Waals surface area (Å²) < 4.78 is 0. The molecular weight excluding hydrogens is 136 g/mol. The Balaban J connectivity index is 1.89. The summed E-state index contributed by atoms with van der Waals surface area (Å²) in [5.74, 6) is 0.852. The predicted molar refractivity (Wildman–Crippen MR) is 48.5 cm³/mol. The Hall–Kier alpha value is -0.0800. The Morgan fingerprint density at radius 1 is 1.45 bits per heavy atom. The minimum absolute atomic E-state index is 0.467. The molecule has 1 saturated heterocycles. The van der Waals surface area contributed by atoms with Crippen molar-refractivity contribution in [3.63, 3.8) is 0 Å². The number of hydrogen-bond donors (Lipinski definition) is 1. The molecule has 0 atom stereocenters. The summed E-state index contributed by atoms with van der Waals surface area (Å²) in [5.41, 5.74) is 5.66. The Bertz CT molecular complexity index is 106. The van der Waals surface area contributed by atoms with Gasteiger partial charge in [-0.3, -0.25) is 0 Å². The van der Waals surface area contributed by atoms with E-state index in [1.807, 2.05) is 0 Å². The zero-order chi connectivity index (χ0) is 8.27. The lowest BCUT2D eigenvalue weighted by Crippen LogP contribution is -2.55. The van der Waals surface area contributed by atoms with Crippen LogP contribution in [0.15, 0.2) is 0 Å². The molecule has 1 fully saturated rings. The summed E-state index contributed by atoms with van der Waals surface area (Å²) in [4.78, 5) is 2.44. The highest BCUT2D eigenvalue weighted by molar-refractivity contribution is 4.81. The summed E-state index contributed by atoms with van der Waals surface area (Å²) in [6, 6.07) is 0.467. The van der Waals surface area contributed by atoms with Gasteiger partial charge in [0.15, 0.2) is 0 Å². The molecule has 0 aromatic heterocycles. The first kappa shape index (κ1) is 9.01. The zero-order valence-corrected chi connectivity index (χ0v) is 7.71. The van der Waals surface area contributed by atoms with Gasteiger partial charge in [0.25, 0.3) is 0 Å². The van der Waals surface area contributed by atoms with E-state index >= 15 is 0 Å². The van der Waals surface area contributed by atoms with E-state index in [1.54, 1.807) is 0 Å². The van der Waals surface area contributed by atoms with Gasteiger partial charge in [-0.2, -0.15) is 0 Å². The molecule has 2 heteroatoms. The zero-order valence-electron chi connectivity index (χ0n) is 7.71. The summed E-state index contributed by atoms with van der Waals surface area (Å²) in [6.07, 6.45) is 2.69. The maximum atomic E-state index is 5.66. The second-order valence-corrected chi connectivity index (χ2v) is 4.06.